The largest absolute Gasteiger partial charge is 0.455 e. The Kier molecular flexibility index (Phi) is 5.35. The molecule has 5 aromatic rings. The second kappa shape index (κ2) is 8.01. The smallest absolute Gasteiger partial charge is 0.144 e. The van der Waals surface area contributed by atoms with E-state index in [0.29, 0.717) is 16.7 Å². The second-order valence-corrected chi connectivity index (χ2v) is 9.59. The predicted octanol–water partition coefficient (Wildman–Crippen LogP) is 1.58. The normalized spacial score (nSPS) is 12.0. The topological polar surface area (TPSA) is 26.0 Å². The molecule has 7 heteroatoms. The van der Waals surface area contributed by atoms with E-state index in [2.05, 4.69) is 31.8 Å². The van der Waals surface area contributed by atoms with E-state index in [-0.39, 0.29) is 32.7 Å². The van der Waals surface area contributed by atoms with E-state index in [0.717, 1.165) is 27.6 Å². The molecule has 3 aromatic carbocycles. The molecule has 0 aliphatic heterocycles. The van der Waals surface area contributed by atoms with E-state index in [1.54, 1.807) is 0 Å². The van der Waals surface area contributed by atoms with Gasteiger partial charge in [-0.05, 0) is 34.7 Å². The minimum atomic E-state index is -0.00327. The Morgan fingerprint density at radius 1 is 0.676 bits per heavy atom. The summed E-state index contributed by atoms with van der Waals surface area (Å²) in [5, 5.41) is 1.89. The lowest BCUT2D eigenvalue weighted by molar-refractivity contribution is 0.589. The summed E-state index contributed by atoms with van der Waals surface area (Å²) in [5.41, 5.74) is 6.68. The molecule has 5 rings (SSSR count). The van der Waals surface area contributed by atoms with Gasteiger partial charge in [0.25, 0.3) is 0 Å². The van der Waals surface area contributed by atoms with E-state index >= 15 is 0 Å². The molecule has 0 bridgehead atoms. The van der Waals surface area contributed by atoms with Crippen LogP contribution in [0.2, 0.25) is 0 Å². The Labute approximate surface area is 206 Å². The molecular weight excluding hydrogens is 408 g/mol. The third kappa shape index (κ3) is 3.45. The van der Waals surface area contributed by atoms with Crippen molar-refractivity contribution in [2.45, 2.75) is 26.2 Å². The molecule has 0 atom stereocenters. The molecule has 0 fully saturated rings. The Bertz CT molecular complexity index is 1570. The Morgan fingerprint density at radius 2 is 1.21 bits per heavy atom. The average Bonchev–Trinajstić information content (AvgIpc) is 3.21. The van der Waals surface area contributed by atoms with Crippen LogP contribution in [0.15, 0.2) is 59.1 Å². The Balaban J connectivity index is 1.82. The fourth-order valence-corrected chi connectivity index (χ4v) is 4.40. The summed E-state index contributed by atoms with van der Waals surface area (Å²) in [6.07, 6.45) is 1.84. The first-order chi connectivity index (χ1) is 16.1. The zero-order chi connectivity index (χ0) is 24.4. The molecule has 0 amide bonds. The van der Waals surface area contributed by atoms with Gasteiger partial charge in [-0.25, -0.2) is 0 Å². The van der Waals surface area contributed by atoms with Crippen molar-refractivity contribution in [3.8, 4) is 22.4 Å². The molecule has 10 radical (unpaired) electrons. The summed E-state index contributed by atoms with van der Waals surface area (Å²) in [7, 11) is 31.0. The highest BCUT2D eigenvalue weighted by atomic mass is 16.3. The summed E-state index contributed by atoms with van der Waals surface area (Å²) in [6.45, 7) is 6.54. The first-order valence-corrected chi connectivity index (χ1v) is 11.0. The fraction of sp³-hybridized carbons (Fsp3) is 0.148. The van der Waals surface area contributed by atoms with E-state index in [1.165, 1.54) is 5.56 Å². The van der Waals surface area contributed by atoms with Gasteiger partial charge in [-0.15, -0.1) is 16.4 Å². The molecule has 0 aliphatic carbocycles. The van der Waals surface area contributed by atoms with Crippen molar-refractivity contribution in [2.24, 2.45) is 0 Å². The summed E-state index contributed by atoms with van der Waals surface area (Å²) in [4.78, 5) is 4.64. The first kappa shape index (κ1) is 22.7. The maximum Gasteiger partial charge on any atom is 0.144 e. The zero-order valence-corrected chi connectivity index (χ0v) is 19.4. The van der Waals surface area contributed by atoms with Gasteiger partial charge >= 0.3 is 0 Å². The standard InChI is InChI=1S/C27H18B5NO/c1-27(2,3)13-10-11-33-18(12-13)16-8-4-6-14-15-7-5-9-17(26(15)34-25(14)16)19-20(28)22(30)24(32)23(31)21(19)29/h4-12H,1-3H3. The molecule has 0 saturated carbocycles. The van der Waals surface area contributed by atoms with Gasteiger partial charge in [0, 0.05) is 28.1 Å². The maximum absolute atomic E-state index is 6.51. The molecule has 0 spiro atoms. The minimum Gasteiger partial charge on any atom is -0.455 e. The zero-order valence-electron chi connectivity index (χ0n) is 19.4. The number of furan rings is 1. The van der Waals surface area contributed by atoms with Crippen LogP contribution in [-0.2, 0) is 5.41 Å². The van der Waals surface area contributed by atoms with Crippen LogP contribution in [-0.4, -0.2) is 44.2 Å². The number of nitrogens with zero attached hydrogens (tertiary/aromatic N) is 1. The van der Waals surface area contributed by atoms with Crippen LogP contribution in [0.1, 0.15) is 26.3 Å². The second-order valence-electron chi connectivity index (χ2n) is 9.59. The highest BCUT2D eigenvalue weighted by Crippen LogP contribution is 2.39. The Morgan fingerprint density at radius 3 is 1.79 bits per heavy atom. The number of benzene rings is 3. The molecule has 0 N–H and O–H groups in total. The average molecular weight is 427 g/mol. The monoisotopic (exact) mass is 427 g/mol. The quantitative estimate of drug-likeness (QED) is 0.401. The lowest BCUT2D eigenvalue weighted by atomic mass is 9.59. The molecular formula is C27H18B5NO. The van der Waals surface area contributed by atoms with Crippen molar-refractivity contribution in [1.29, 1.82) is 0 Å². The summed E-state index contributed by atoms with van der Waals surface area (Å²) in [5.74, 6) is 0. The van der Waals surface area contributed by atoms with Gasteiger partial charge in [0.1, 0.15) is 50.4 Å². The number of aromatic nitrogens is 1. The number of fused-ring (bicyclic) bond motifs is 3. The maximum atomic E-state index is 6.51. The SMILES string of the molecule is [B]c1c([B])c([B])c(-c2cccc3c2oc2c(-c4cc(C(C)(C)C)ccn4)cccc23)c([B])c1[B]. The van der Waals surface area contributed by atoms with Crippen molar-refractivity contribution in [2.75, 3.05) is 0 Å². The summed E-state index contributed by atoms with van der Waals surface area (Å²) in [6, 6.07) is 16.0. The lowest BCUT2D eigenvalue weighted by Crippen LogP contribution is -2.55. The highest BCUT2D eigenvalue weighted by Gasteiger charge is 2.20. The molecule has 2 aromatic heterocycles. The van der Waals surface area contributed by atoms with Crippen molar-refractivity contribution in [1.82, 2.24) is 4.98 Å². The molecule has 0 aliphatic rings. The Hall–Kier alpha value is -3.07. The highest BCUT2D eigenvalue weighted by molar-refractivity contribution is 6.68. The van der Waals surface area contributed by atoms with Gasteiger partial charge in [0.05, 0.1) is 5.69 Å². The first-order valence-electron chi connectivity index (χ1n) is 11.0. The van der Waals surface area contributed by atoms with Gasteiger partial charge in [-0.1, -0.05) is 62.0 Å². The number of rotatable bonds is 2. The molecule has 2 nitrogen and oxygen atoms in total. The van der Waals surface area contributed by atoms with Crippen LogP contribution in [0.5, 0.6) is 0 Å². The summed E-state index contributed by atoms with van der Waals surface area (Å²) >= 11 is 0. The summed E-state index contributed by atoms with van der Waals surface area (Å²) < 4.78 is 6.51. The predicted molar refractivity (Wildman–Crippen MR) is 148 cm³/mol. The van der Waals surface area contributed by atoms with Crippen molar-refractivity contribution >= 4 is 88.5 Å². The molecule has 152 valence electrons. The number of para-hydroxylation sites is 2. The third-order valence-electron chi connectivity index (χ3n) is 6.39. The molecule has 2 heterocycles. The van der Waals surface area contributed by atoms with Gasteiger partial charge in [-0.3, -0.25) is 4.98 Å². The van der Waals surface area contributed by atoms with Crippen molar-refractivity contribution < 1.29 is 4.42 Å². The molecule has 0 unspecified atom stereocenters. The minimum absolute atomic E-state index is 0.00327. The van der Waals surface area contributed by atoms with Crippen LogP contribution in [0, 0.1) is 0 Å². The third-order valence-corrected chi connectivity index (χ3v) is 6.39. The fourth-order valence-electron chi connectivity index (χ4n) is 4.40. The number of hydrogen-bond acceptors (Lipinski definition) is 2. The van der Waals surface area contributed by atoms with Crippen LogP contribution in [0.25, 0.3) is 44.3 Å². The van der Waals surface area contributed by atoms with E-state index < -0.39 is 0 Å². The van der Waals surface area contributed by atoms with Crippen LogP contribution < -0.4 is 27.3 Å². The van der Waals surface area contributed by atoms with Crippen LogP contribution in [0.3, 0.4) is 0 Å². The molecule has 34 heavy (non-hydrogen) atoms. The van der Waals surface area contributed by atoms with Crippen molar-refractivity contribution in [3.63, 3.8) is 0 Å². The van der Waals surface area contributed by atoms with Gasteiger partial charge in [0.15, 0.2) is 0 Å². The van der Waals surface area contributed by atoms with Gasteiger partial charge in [0.2, 0.25) is 0 Å². The van der Waals surface area contributed by atoms with Gasteiger partial charge in [-0.2, -0.15) is 0 Å². The molecule has 0 saturated heterocycles. The van der Waals surface area contributed by atoms with Gasteiger partial charge < -0.3 is 4.42 Å². The van der Waals surface area contributed by atoms with E-state index in [4.69, 9.17) is 43.6 Å². The van der Waals surface area contributed by atoms with E-state index in [9.17, 15) is 0 Å². The van der Waals surface area contributed by atoms with Crippen LogP contribution >= 0.6 is 0 Å². The van der Waals surface area contributed by atoms with Crippen LogP contribution in [0.4, 0.5) is 0 Å². The lowest BCUT2D eigenvalue weighted by Gasteiger charge is -2.21. The number of pyridine rings is 1. The number of hydrogen-bond donors (Lipinski definition) is 0. The van der Waals surface area contributed by atoms with Crippen molar-refractivity contribution in [3.05, 3.63) is 60.3 Å². The van der Waals surface area contributed by atoms with E-state index in [1.807, 2.05) is 48.7 Å².